The predicted octanol–water partition coefficient (Wildman–Crippen LogP) is 1.20. The second-order valence-electron chi connectivity index (χ2n) is 3.99. The SMILES string of the molecule is COCOc1cc(OC)c(OCOC)c(CCO)c1OC. The van der Waals surface area contributed by atoms with Crippen LogP contribution in [0.1, 0.15) is 5.56 Å². The average Bonchev–Trinajstić information content (AvgIpc) is 2.51. The van der Waals surface area contributed by atoms with Crippen LogP contribution in [0.2, 0.25) is 0 Å². The van der Waals surface area contributed by atoms with Crippen molar-refractivity contribution in [2.45, 2.75) is 6.42 Å². The highest BCUT2D eigenvalue weighted by atomic mass is 16.7. The Kier molecular flexibility index (Phi) is 7.66. The van der Waals surface area contributed by atoms with Crippen molar-refractivity contribution in [2.75, 3.05) is 48.6 Å². The van der Waals surface area contributed by atoms with Gasteiger partial charge in [-0.3, -0.25) is 0 Å². The molecule has 0 amide bonds. The highest BCUT2D eigenvalue weighted by Gasteiger charge is 2.22. The zero-order valence-corrected chi connectivity index (χ0v) is 12.8. The van der Waals surface area contributed by atoms with Crippen LogP contribution in [0, 0.1) is 0 Å². The maximum Gasteiger partial charge on any atom is 0.188 e. The summed E-state index contributed by atoms with van der Waals surface area (Å²) in [5.41, 5.74) is 0.641. The molecule has 0 saturated carbocycles. The highest BCUT2D eigenvalue weighted by molar-refractivity contribution is 5.61. The summed E-state index contributed by atoms with van der Waals surface area (Å²) in [6.07, 6.45) is 0.322. The number of benzene rings is 1. The van der Waals surface area contributed by atoms with E-state index in [1.54, 1.807) is 6.07 Å². The van der Waals surface area contributed by atoms with E-state index in [1.807, 2.05) is 0 Å². The van der Waals surface area contributed by atoms with Gasteiger partial charge in [0.25, 0.3) is 0 Å². The van der Waals surface area contributed by atoms with Gasteiger partial charge in [-0.15, -0.1) is 0 Å². The Bertz CT molecular complexity index is 434. The molecule has 120 valence electrons. The van der Waals surface area contributed by atoms with Crippen molar-refractivity contribution in [3.05, 3.63) is 11.6 Å². The van der Waals surface area contributed by atoms with Crippen LogP contribution >= 0.6 is 0 Å². The fourth-order valence-electron chi connectivity index (χ4n) is 1.87. The topological polar surface area (TPSA) is 75.6 Å². The van der Waals surface area contributed by atoms with E-state index in [4.69, 9.17) is 28.4 Å². The zero-order valence-electron chi connectivity index (χ0n) is 12.8. The van der Waals surface area contributed by atoms with Gasteiger partial charge in [-0.2, -0.15) is 0 Å². The van der Waals surface area contributed by atoms with Gasteiger partial charge in [0, 0.05) is 38.9 Å². The lowest BCUT2D eigenvalue weighted by Crippen LogP contribution is -2.09. The molecule has 1 aromatic rings. The molecule has 1 N–H and O–H groups in total. The van der Waals surface area contributed by atoms with Crippen LogP contribution < -0.4 is 18.9 Å². The Hall–Kier alpha value is -1.70. The van der Waals surface area contributed by atoms with E-state index < -0.39 is 0 Å². The van der Waals surface area contributed by atoms with Crippen LogP contribution in [-0.4, -0.2) is 53.7 Å². The zero-order chi connectivity index (χ0) is 15.7. The number of hydrogen-bond acceptors (Lipinski definition) is 7. The predicted molar refractivity (Wildman–Crippen MR) is 75.3 cm³/mol. The first kappa shape index (κ1) is 17.4. The van der Waals surface area contributed by atoms with E-state index in [0.29, 0.717) is 35.0 Å². The molecule has 0 aliphatic carbocycles. The molecule has 0 fully saturated rings. The minimum atomic E-state index is -0.0728. The molecule has 0 spiro atoms. The van der Waals surface area contributed by atoms with Gasteiger partial charge in [-0.25, -0.2) is 0 Å². The Balaban J connectivity index is 3.32. The first-order valence-corrected chi connectivity index (χ1v) is 6.35. The number of aliphatic hydroxyl groups is 1. The maximum atomic E-state index is 9.27. The molecular weight excluding hydrogens is 280 g/mol. The van der Waals surface area contributed by atoms with Crippen molar-refractivity contribution in [1.82, 2.24) is 0 Å². The Labute approximate surface area is 124 Å². The third kappa shape index (κ3) is 4.38. The van der Waals surface area contributed by atoms with Gasteiger partial charge in [0.05, 0.1) is 14.2 Å². The monoisotopic (exact) mass is 302 g/mol. The van der Waals surface area contributed by atoms with Crippen LogP contribution in [0.15, 0.2) is 6.07 Å². The molecule has 7 heteroatoms. The molecule has 0 aliphatic rings. The molecule has 7 nitrogen and oxygen atoms in total. The van der Waals surface area contributed by atoms with Gasteiger partial charge < -0.3 is 33.5 Å². The lowest BCUT2D eigenvalue weighted by Gasteiger charge is -2.20. The molecule has 0 aromatic heterocycles. The minimum Gasteiger partial charge on any atom is -0.493 e. The van der Waals surface area contributed by atoms with Crippen molar-refractivity contribution in [3.8, 4) is 23.0 Å². The summed E-state index contributed by atoms with van der Waals surface area (Å²) >= 11 is 0. The molecule has 1 rings (SSSR count). The van der Waals surface area contributed by atoms with Crippen molar-refractivity contribution in [3.63, 3.8) is 0 Å². The maximum absolute atomic E-state index is 9.27. The van der Waals surface area contributed by atoms with E-state index in [0.717, 1.165) is 0 Å². The van der Waals surface area contributed by atoms with Gasteiger partial charge in [0.1, 0.15) is 0 Å². The molecular formula is C14H22O7. The largest absolute Gasteiger partial charge is 0.493 e. The lowest BCUT2D eigenvalue weighted by molar-refractivity contribution is 0.0443. The quantitative estimate of drug-likeness (QED) is 0.651. The van der Waals surface area contributed by atoms with Crippen LogP contribution in [-0.2, 0) is 15.9 Å². The fraction of sp³-hybridized carbons (Fsp3) is 0.571. The second-order valence-corrected chi connectivity index (χ2v) is 3.99. The number of hydrogen-bond donors (Lipinski definition) is 1. The lowest BCUT2D eigenvalue weighted by atomic mass is 10.1. The highest BCUT2D eigenvalue weighted by Crippen LogP contribution is 2.44. The molecule has 0 saturated heterocycles. The summed E-state index contributed by atoms with van der Waals surface area (Å²) in [6, 6.07) is 1.64. The van der Waals surface area contributed by atoms with E-state index in [9.17, 15) is 5.11 Å². The van der Waals surface area contributed by atoms with Gasteiger partial charge in [0.15, 0.2) is 36.6 Å². The first-order valence-electron chi connectivity index (χ1n) is 6.35. The van der Waals surface area contributed by atoms with Gasteiger partial charge >= 0.3 is 0 Å². The number of ether oxygens (including phenoxy) is 6. The number of rotatable bonds is 10. The number of methoxy groups -OCH3 is 4. The Morgan fingerprint density at radius 1 is 0.857 bits per heavy atom. The van der Waals surface area contributed by atoms with Crippen LogP contribution in [0.25, 0.3) is 0 Å². The average molecular weight is 302 g/mol. The third-order valence-corrected chi connectivity index (χ3v) is 2.70. The Morgan fingerprint density at radius 3 is 2.05 bits per heavy atom. The standard InChI is InChI=1S/C14H22O7/c1-16-8-20-12-7-11(18-3)14(21-9-17-2)10(5-6-15)13(12)19-4/h7,15H,5-6,8-9H2,1-4H3. The van der Waals surface area contributed by atoms with Crippen molar-refractivity contribution in [1.29, 1.82) is 0 Å². The molecule has 21 heavy (non-hydrogen) atoms. The van der Waals surface area contributed by atoms with Crippen molar-refractivity contribution < 1.29 is 33.5 Å². The second kappa shape index (κ2) is 9.28. The van der Waals surface area contributed by atoms with Crippen LogP contribution in [0.3, 0.4) is 0 Å². The van der Waals surface area contributed by atoms with E-state index in [2.05, 4.69) is 0 Å². The molecule has 0 radical (unpaired) electrons. The molecule has 1 aromatic carbocycles. The minimum absolute atomic E-state index is 0.0518. The summed E-state index contributed by atoms with van der Waals surface area (Å²) in [5, 5.41) is 9.27. The third-order valence-electron chi connectivity index (χ3n) is 2.70. The van der Waals surface area contributed by atoms with E-state index in [1.165, 1.54) is 28.4 Å². The van der Waals surface area contributed by atoms with Gasteiger partial charge in [0.2, 0.25) is 0 Å². The normalized spacial score (nSPS) is 10.3. The van der Waals surface area contributed by atoms with Crippen molar-refractivity contribution >= 4 is 0 Å². The van der Waals surface area contributed by atoms with Crippen molar-refractivity contribution in [2.24, 2.45) is 0 Å². The summed E-state index contributed by atoms with van der Waals surface area (Å²) < 4.78 is 31.5. The fourth-order valence-corrected chi connectivity index (χ4v) is 1.87. The molecule has 0 bridgehead atoms. The first-order chi connectivity index (χ1) is 10.2. The smallest absolute Gasteiger partial charge is 0.188 e. The summed E-state index contributed by atoms with van der Waals surface area (Å²) in [6.45, 7) is 0.0448. The summed E-state index contributed by atoms with van der Waals surface area (Å²) in [7, 11) is 6.08. The molecule has 0 unspecified atom stereocenters. The van der Waals surface area contributed by atoms with Gasteiger partial charge in [-0.05, 0) is 0 Å². The van der Waals surface area contributed by atoms with Crippen LogP contribution in [0.5, 0.6) is 23.0 Å². The molecule has 0 atom stereocenters. The van der Waals surface area contributed by atoms with E-state index in [-0.39, 0.29) is 20.2 Å². The number of aliphatic hydroxyl groups excluding tert-OH is 1. The summed E-state index contributed by atoms with van der Waals surface area (Å²) in [4.78, 5) is 0. The Morgan fingerprint density at radius 2 is 1.52 bits per heavy atom. The molecule has 0 heterocycles. The van der Waals surface area contributed by atoms with Crippen LogP contribution in [0.4, 0.5) is 0 Å². The van der Waals surface area contributed by atoms with Gasteiger partial charge in [-0.1, -0.05) is 0 Å². The van der Waals surface area contributed by atoms with E-state index >= 15 is 0 Å². The molecule has 0 aliphatic heterocycles. The summed E-state index contributed by atoms with van der Waals surface area (Å²) in [5.74, 6) is 1.83.